The lowest BCUT2D eigenvalue weighted by Crippen LogP contribution is -2.37. The van der Waals surface area contributed by atoms with Crippen molar-refractivity contribution < 1.29 is 9.47 Å². The van der Waals surface area contributed by atoms with Crippen molar-refractivity contribution in [1.82, 2.24) is 10.6 Å². The van der Waals surface area contributed by atoms with E-state index in [2.05, 4.69) is 44.8 Å². The van der Waals surface area contributed by atoms with Gasteiger partial charge in [-0.3, -0.25) is 4.99 Å². The van der Waals surface area contributed by atoms with Gasteiger partial charge in [0.05, 0.1) is 12.7 Å². The summed E-state index contributed by atoms with van der Waals surface area (Å²) in [5.74, 6) is 0.814. The first kappa shape index (κ1) is 23.0. The van der Waals surface area contributed by atoms with E-state index in [1.165, 1.54) is 11.3 Å². The van der Waals surface area contributed by atoms with Crippen molar-refractivity contribution in [2.75, 3.05) is 52.4 Å². The van der Waals surface area contributed by atoms with E-state index in [1.807, 2.05) is 14.1 Å². The van der Waals surface area contributed by atoms with Gasteiger partial charge in [-0.2, -0.15) is 0 Å². The Morgan fingerprint density at radius 2 is 2.19 bits per heavy atom. The molecule has 0 saturated carbocycles. The molecule has 0 aromatic heterocycles. The number of anilines is 1. The molecular formula is C19H33IN4O2. The van der Waals surface area contributed by atoms with Gasteiger partial charge in [-0.1, -0.05) is 12.1 Å². The highest BCUT2D eigenvalue weighted by atomic mass is 127. The van der Waals surface area contributed by atoms with Crippen LogP contribution >= 0.6 is 24.0 Å². The zero-order valence-electron chi connectivity index (χ0n) is 16.2. The zero-order chi connectivity index (χ0) is 17.9. The molecule has 2 N–H and O–H groups in total. The van der Waals surface area contributed by atoms with Gasteiger partial charge in [-0.15, -0.1) is 24.0 Å². The SMILES string of the molecule is CN=C(NCCCOCC1CCCO1)NCc1cccc(N(C)C)c1.I. The van der Waals surface area contributed by atoms with E-state index in [0.29, 0.717) is 6.10 Å². The summed E-state index contributed by atoms with van der Waals surface area (Å²) >= 11 is 0. The largest absolute Gasteiger partial charge is 0.379 e. The third-order valence-corrected chi connectivity index (χ3v) is 4.20. The minimum atomic E-state index is 0. The molecule has 0 spiro atoms. The van der Waals surface area contributed by atoms with Gasteiger partial charge in [0, 0.05) is 53.1 Å². The Labute approximate surface area is 174 Å². The Bertz CT molecular complexity index is 534. The van der Waals surface area contributed by atoms with Gasteiger partial charge in [0.15, 0.2) is 5.96 Å². The lowest BCUT2D eigenvalue weighted by molar-refractivity contribution is 0.0168. The first-order valence-corrected chi connectivity index (χ1v) is 9.09. The van der Waals surface area contributed by atoms with E-state index in [0.717, 1.165) is 58.1 Å². The molecule has 1 heterocycles. The lowest BCUT2D eigenvalue weighted by Gasteiger charge is -2.15. The molecular weight excluding hydrogens is 443 g/mol. The molecule has 0 aliphatic carbocycles. The van der Waals surface area contributed by atoms with Gasteiger partial charge < -0.3 is 25.0 Å². The van der Waals surface area contributed by atoms with E-state index >= 15 is 0 Å². The number of rotatable bonds is 9. The van der Waals surface area contributed by atoms with E-state index in [1.54, 1.807) is 7.05 Å². The minimum Gasteiger partial charge on any atom is -0.379 e. The number of hydrogen-bond acceptors (Lipinski definition) is 4. The Hall–Kier alpha value is -1.06. The van der Waals surface area contributed by atoms with Crippen LogP contribution in [0.5, 0.6) is 0 Å². The second-order valence-electron chi connectivity index (χ2n) is 6.48. The summed E-state index contributed by atoms with van der Waals surface area (Å²) in [4.78, 5) is 6.37. The summed E-state index contributed by atoms with van der Waals surface area (Å²) in [6, 6.07) is 8.48. The highest BCUT2D eigenvalue weighted by Gasteiger charge is 2.14. The molecule has 1 fully saturated rings. The molecule has 1 saturated heterocycles. The maximum absolute atomic E-state index is 5.67. The van der Waals surface area contributed by atoms with Crippen LogP contribution in [0.1, 0.15) is 24.8 Å². The lowest BCUT2D eigenvalue weighted by atomic mass is 10.2. The van der Waals surface area contributed by atoms with Crippen LogP contribution in [-0.2, 0) is 16.0 Å². The highest BCUT2D eigenvalue weighted by Crippen LogP contribution is 2.13. The zero-order valence-corrected chi connectivity index (χ0v) is 18.5. The van der Waals surface area contributed by atoms with Crippen molar-refractivity contribution >= 4 is 35.6 Å². The summed E-state index contributed by atoms with van der Waals surface area (Å²) in [5, 5.41) is 6.67. The number of aliphatic imine (C=N–C) groups is 1. The summed E-state index contributed by atoms with van der Waals surface area (Å²) in [5.41, 5.74) is 2.43. The van der Waals surface area contributed by atoms with Gasteiger partial charge in [-0.05, 0) is 37.0 Å². The monoisotopic (exact) mass is 476 g/mol. The molecule has 1 aliphatic heterocycles. The van der Waals surface area contributed by atoms with Crippen molar-refractivity contribution in [3.8, 4) is 0 Å². The molecule has 1 atom stereocenters. The Morgan fingerprint density at radius 3 is 2.88 bits per heavy atom. The summed E-state index contributed by atoms with van der Waals surface area (Å²) in [7, 11) is 5.89. The average Bonchev–Trinajstić information content (AvgIpc) is 3.14. The van der Waals surface area contributed by atoms with Crippen LogP contribution in [0.2, 0.25) is 0 Å². The predicted molar refractivity (Wildman–Crippen MR) is 119 cm³/mol. The average molecular weight is 476 g/mol. The molecule has 6 nitrogen and oxygen atoms in total. The number of ether oxygens (including phenoxy) is 2. The summed E-state index contributed by atoms with van der Waals surface area (Å²) in [6.45, 7) is 3.93. The van der Waals surface area contributed by atoms with Gasteiger partial charge >= 0.3 is 0 Å². The molecule has 1 aromatic rings. The third kappa shape index (κ3) is 8.55. The number of nitrogens with zero attached hydrogens (tertiary/aromatic N) is 2. The van der Waals surface area contributed by atoms with Crippen LogP contribution in [0.3, 0.4) is 0 Å². The number of hydrogen-bond donors (Lipinski definition) is 2. The Balaban J connectivity index is 0.00000338. The Morgan fingerprint density at radius 1 is 1.35 bits per heavy atom. The fourth-order valence-electron chi connectivity index (χ4n) is 2.72. The van der Waals surface area contributed by atoms with Crippen molar-refractivity contribution in [3.63, 3.8) is 0 Å². The van der Waals surface area contributed by atoms with Crippen LogP contribution in [0, 0.1) is 0 Å². The van der Waals surface area contributed by atoms with Crippen LogP contribution in [-0.4, -0.2) is 59.6 Å². The first-order chi connectivity index (χ1) is 12.2. The van der Waals surface area contributed by atoms with Gasteiger partial charge in [-0.25, -0.2) is 0 Å². The molecule has 7 heteroatoms. The molecule has 1 unspecified atom stereocenters. The first-order valence-electron chi connectivity index (χ1n) is 9.09. The van der Waals surface area contributed by atoms with E-state index in [9.17, 15) is 0 Å². The number of halogens is 1. The third-order valence-electron chi connectivity index (χ3n) is 4.20. The van der Waals surface area contributed by atoms with Crippen molar-refractivity contribution in [2.24, 2.45) is 4.99 Å². The molecule has 26 heavy (non-hydrogen) atoms. The maximum Gasteiger partial charge on any atom is 0.191 e. The van der Waals surface area contributed by atoms with Crippen LogP contribution < -0.4 is 15.5 Å². The fraction of sp³-hybridized carbons (Fsp3) is 0.632. The molecule has 148 valence electrons. The predicted octanol–water partition coefficient (Wildman–Crippen LogP) is 2.62. The second kappa shape index (κ2) is 13.2. The number of benzene rings is 1. The summed E-state index contributed by atoms with van der Waals surface area (Å²) in [6.07, 6.45) is 3.54. The number of nitrogens with one attached hydrogen (secondary N) is 2. The fourth-order valence-corrected chi connectivity index (χ4v) is 2.72. The van der Waals surface area contributed by atoms with Crippen molar-refractivity contribution in [3.05, 3.63) is 29.8 Å². The maximum atomic E-state index is 5.67. The normalized spacial score (nSPS) is 16.9. The summed E-state index contributed by atoms with van der Waals surface area (Å²) < 4.78 is 11.2. The van der Waals surface area contributed by atoms with Crippen LogP contribution in [0.4, 0.5) is 5.69 Å². The van der Waals surface area contributed by atoms with Gasteiger partial charge in [0.25, 0.3) is 0 Å². The molecule has 1 aromatic carbocycles. The van der Waals surface area contributed by atoms with Crippen molar-refractivity contribution in [1.29, 1.82) is 0 Å². The van der Waals surface area contributed by atoms with Crippen LogP contribution in [0.15, 0.2) is 29.3 Å². The van der Waals surface area contributed by atoms with Gasteiger partial charge in [0.2, 0.25) is 0 Å². The van der Waals surface area contributed by atoms with E-state index in [-0.39, 0.29) is 24.0 Å². The molecule has 2 rings (SSSR count). The number of guanidine groups is 1. The van der Waals surface area contributed by atoms with Crippen molar-refractivity contribution in [2.45, 2.75) is 31.9 Å². The molecule has 0 radical (unpaired) electrons. The smallest absolute Gasteiger partial charge is 0.191 e. The van der Waals surface area contributed by atoms with E-state index in [4.69, 9.17) is 9.47 Å². The highest BCUT2D eigenvalue weighted by molar-refractivity contribution is 14.0. The van der Waals surface area contributed by atoms with E-state index < -0.39 is 0 Å². The molecule has 0 amide bonds. The van der Waals surface area contributed by atoms with Gasteiger partial charge in [0.1, 0.15) is 0 Å². The molecule has 0 bridgehead atoms. The molecule has 1 aliphatic rings. The second-order valence-corrected chi connectivity index (χ2v) is 6.48. The quantitative estimate of drug-likeness (QED) is 0.249. The topological polar surface area (TPSA) is 58.1 Å². The minimum absolute atomic E-state index is 0. The Kier molecular flexibility index (Phi) is 11.6. The van der Waals surface area contributed by atoms with Crippen LogP contribution in [0.25, 0.3) is 0 Å². The standard InChI is InChI=1S/C19H32N4O2.HI/c1-20-19(21-10-6-11-24-15-18-9-5-12-25-18)22-14-16-7-4-8-17(13-16)23(2)3;/h4,7-8,13,18H,5-6,9-12,14-15H2,1-3H3,(H2,20,21,22);1H.